The lowest BCUT2D eigenvalue weighted by Gasteiger charge is -2.31. The van der Waals surface area contributed by atoms with Gasteiger partial charge in [-0.3, -0.25) is 4.79 Å². The maximum Gasteiger partial charge on any atom is 0.237 e. The average molecular weight is 705 g/mol. The van der Waals surface area contributed by atoms with Crippen molar-refractivity contribution in [1.82, 2.24) is 10.6 Å². The summed E-state index contributed by atoms with van der Waals surface area (Å²) in [7, 11) is 0. The molecular formula is C41H35Cl2N3O4. The highest BCUT2D eigenvalue weighted by Crippen LogP contribution is 2.40. The van der Waals surface area contributed by atoms with Gasteiger partial charge in [0.1, 0.15) is 19.0 Å². The molecule has 3 atom stereocenters. The Balaban J connectivity index is 0.911. The number of rotatable bonds is 9. The summed E-state index contributed by atoms with van der Waals surface area (Å²) in [5.74, 6) is 2.11. The second-order valence-electron chi connectivity index (χ2n) is 12.7. The van der Waals surface area contributed by atoms with E-state index in [1.54, 1.807) is 12.1 Å². The Bertz CT molecular complexity index is 2040. The second kappa shape index (κ2) is 14.9. The molecule has 50 heavy (non-hydrogen) atoms. The van der Waals surface area contributed by atoms with Crippen molar-refractivity contribution < 1.29 is 19.0 Å². The summed E-state index contributed by atoms with van der Waals surface area (Å²) < 4.78 is 18.5. The van der Waals surface area contributed by atoms with E-state index in [1.807, 2.05) is 73.7 Å². The van der Waals surface area contributed by atoms with Gasteiger partial charge in [0.05, 0.1) is 27.7 Å². The van der Waals surface area contributed by atoms with Crippen LogP contribution in [0.5, 0.6) is 17.2 Å². The van der Waals surface area contributed by atoms with E-state index in [0.717, 1.165) is 51.1 Å². The minimum atomic E-state index is -0.337. The SMILES string of the molecule is CC(Cc1ccc(-c2ccc(C#N)cc2)cc1)NC(=O)C1Cc2cc3c(cc2CN1)OC(c1ccc(OCc2ccc(Cl)c(Cl)c2)cc1)CO3. The van der Waals surface area contributed by atoms with Crippen LogP contribution in [0.25, 0.3) is 11.1 Å². The third-order valence-electron chi connectivity index (χ3n) is 9.08. The molecule has 1 amide bonds. The van der Waals surface area contributed by atoms with Gasteiger partial charge in [0, 0.05) is 12.6 Å². The third kappa shape index (κ3) is 7.74. The molecule has 7 rings (SSSR count). The van der Waals surface area contributed by atoms with E-state index < -0.39 is 0 Å². The first-order chi connectivity index (χ1) is 24.3. The van der Waals surface area contributed by atoms with Crippen molar-refractivity contribution >= 4 is 29.1 Å². The lowest BCUT2D eigenvalue weighted by Crippen LogP contribution is -2.50. The van der Waals surface area contributed by atoms with Crippen molar-refractivity contribution in [3.63, 3.8) is 0 Å². The van der Waals surface area contributed by atoms with E-state index in [2.05, 4.69) is 41.0 Å². The van der Waals surface area contributed by atoms with Crippen LogP contribution in [-0.4, -0.2) is 24.6 Å². The lowest BCUT2D eigenvalue weighted by atomic mass is 9.94. The van der Waals surface area contributed by atoms with Gasteiger partial charge in [0.15, 0.2) is 17.6 Å². The smallest absolute Gasteiger partial charge is 0.237 e. The highest BCUT2D eigenvalue weighted by molar-refractivity contribution is 6.42. The first kappa shape index (κ1) is 33.5. The number of hydrogen-bond acceptors (Lipinski definition) is 6. The number of benzene rings is 5. The molecule has 2 heterocycles. The van der Waals surface area contributed by atoms with Crippen LogP contribution in [-0.2, 0) is 30.8 Å². The summed E-state index contributed by atoms with van der Waals surface area (Å²) in [4.78, 5) is 13.3. The van der Waals surface area contributed by atoms with E-state index in [9.17, 15) is 4.79 Å². The quantitative estimate of drug-likeness (QED) is 0.160. The molecule has 2 aliphatic rings. The van der Waals surface area contributed by atoms with Crippen LogP contribution in [0.2, 0.25) is 10.0 Å². The molecule has 3 unspecified atom stereocenters. The largest absolute Gasteiger partial charge is 0.489 e. The number of carbonyl (C=O) groups excluding carboxylic acids is 1. The monoisotopic (exact) mass is 703 g/mol. The zero-order valence-corrected chi connectivity index (χ0v) is 28.9. The van der Waals surface area contributed by atoms with Gasteiger partial charge in [-0.05, 0) is 107 Å². The van der Waals surface area contributed by atoms with Crippen molar-refractivity contribution in [3.05, 3.63) is 147 Å². The number of amides is 1. The summed E-state index contributed by atoms with van der Waals surface area (Å²) in [5, 5.41) is 16.7. The number of nitrogens with zero attached hydrogens (tertiary/aromatic N) is 1. The summed E-state index contributed by atoms with van der Waals surface area (Å²) in [6.07, 6.45) is 1.03. The number of halogens is 2. The van der Waals surface area contributed by atoms with Crippen molar-refractivity contribution in [3.8, 4) is 34.4 Å². The molecule has 9 heteroatoms. The molecule has 0 radical (unpaired) electrons. The zero-order valence-electron chi connectivity index (χ0n) is 27.4. The number of fused-ring (bicyclic) bond motifs is 2. The van der Waals surface area contributed by atoms with Crippen LogP contribution in [0, 0.1) is 11.3 Å². The van der Waals surface area contributed by atoms with Gasteiger partial charge in [-0.1, -0.05) is 77.8 Å². The van der Waals surface area contributed by atoms with E-state index in [1.165, 1.54) is 0 Å². The van der Waals surface area contributed by atoms with Crippen molar-refractivity contribution in [2.75, 3.05) is 6.61 Å². The molecule has 2 aliphatic heterocycles. The minimum absolute atomic E-state index is 0.0169. The molecule has 0 saturated carbocycles. The molecule has 5 aromatic carbocycles. The fourth-order valence-corrected chi connectivity index (χ4v) is 6.65. The van der Waals surface area contributed by atoms with Gasteiger partial charge >= 0.3 is 0 Å². The average Bonchev–Trinajstić information content (AvgIpc) is 3.14. The predicted octanol–water partition coefficient (Wildman–Crippen LogP) is 8.39. The van der Waals surface area contributed by atoms with Crippen LogP contribution in [0.1, 0.15) is 46.4 Å². The van der Waals surface area contributed by atoms with Crippen molar-refractivity contribution in [1.29, 1.82) is 5.26 Å². The van der Waals surface area contributed by atoms with Gasteiger partial charge in [0.2, 0.25) is 5.91 Å². The van der Waals surface area contributed by atoms with Crippen LogP contribution in [0.3, 0.4) is 0 Å². The highest BCUT2D eigenvalue weighted by Gasteiger charge is 2.29. The van der Waals surface area contributed by atoms with Gasteiger partial charge < -0.3 is 24.8 Å². The summed E-state index contributed by atoms with van der Waals surface area (Å²) >= 11 is 12.1. The fraction of sp³-hybridized carbons (Fsp3) is 0.220. The van der Waals surface area contributed by atoms with Crippen LogP contribution < -0.4 is 24.8 Å². The molecule has 252 valence electrons. The highest BCUT2D eigenvalue weighted by atomic mass is 35.5. The Kier molecular flexibility index (Phi) is 9.95. The Morgan fingerprint density at radius 1 is 0.900 bits per heavy atom. The Labute approximate surface area is 301 Å². The normalized spacial score (nSPS) is 16.8. The molecule has 0 aliphatic carbocycles. The first-order valence-corrected chi connectivity index (χ1v) is 17.3. The Morgan fingerprint density at radius 2 is 1.60 bits per heavy atom. The van der Waals surface area contributed by atoms with E-state index in [0.29, 0.717) is 53.3 Å². The maximum atomic E-state index is 13.3. The number of hydrogen-bond donors (Lipinski definition) is 2. The van der Waals surface area contributed by atoms with Gasteiger partial charge in [-0.25, -0.2) is 0 Å². The van der Waals surface area contributed by atoms with E-state index >= 15 is 0 Å². The number of carbonyl (C=O) groups is 1. The molecule has 0 saturated heterocycles. The predicted molar refractivity (Wildman–Crippen MR) is 195 cm³/mol. The molecule has 5 aromatic rings. The molecule has 2 N–H and O–H groups in total. The summed E-state index contributed by atoms with van der Waals surface area (Å²) in [6, 6.07) is 35.0. The van der Waals surface area contributed by atoms with E-state index in [-0.39, 0.29) is 24.1 Å². The van der Waals surface area contributed by atoms with Gasteiger partial charge in [0.25, 0.3) is 0 Å². The number of ether oxygens (including phenoxy) is 3. The van der Waals surface area contributed by atoms with Crippen molar-refractivity contribution in [2.45, 2.75) is 51.1 Å². The van der Waals surface area contributed by atoms with Crippen LogP contribution in [0.4, 0.5) is 0 Å². The van der Waals surface area contributed by atoms with Gasteiger partial charge in [-0.2, -0.15) is 5.26 Å². The van der Waals surface area contributed by atoms with E-state index in [4.69, 9.17) is 42.7 Å². The summed E-state index contributed by atoms with van der Waals surface area (Å²) in [6.45, 7) is 3.35. The molecular weight excluding hydrogens is 669 g/mol. The maximum absolute atomic E-state index is 13.3. The van der Waals surface area contributed by atoms with Crippen LogP contribution in [0.15, 0.2) is 103 Å². The third-order valence-corrected chi connectivity index (χ3v) is 9.82. The zero-order chi connectivity index (χ0) is 34.6. The number of nitrogens with one attached hydrogen (secondary N) is 2. The van der Waals surface area contributed by atoms with Gasteiger partial charge in [-0.15, -0.1) is 0 Å². The molecule has 7 nitrogen and oxygen atoms in total. The minimum Gasteiger partial charge on any atom is -0.489 e. The van der Waals surface area contributed by atoms with Crippen molar-refractivity contribution in [2.24, 2.45) is 0 Å². The second-order valence-corrected chi connectivity index (χ2v) is 13.5. The Morgan fingerprint density at radius 3 is 2.32 bits per heavy atom. The lowest BCUT2D eigenvalue weighted by molar-refractivity contribution is -0.123. The number of nitriles is 1. The summed E-state index contributed by atoms with van der Waals surface area (Å²) in [5.41, 5.74) is 8.04. The van der Waals surface area contributed by atoms with Crippen LogP contribution >= 0.6 is 23.2 Å². The molecule has 0 bridgehead atoms. The molecule has 0 spiro atoms. The standard InChI is InChI=1S/C41H35Cl2N3O4/c1-25(16-26-2-7-29(8-3-26)30-9-4-27(21-44)5-10-30)46-41(47)37-18-32-19-38-39(20-33(32)22-45-37)50-40(24-49-38)31-11-13-34(14-12-31)48-23-28-6-15-35(42)36(43)17-28/h2-15,17,19-20,25,37,40,45H,16,18,22-24H2,1H3,(H,46,47). The first-order valence-electron chi connectivity index (χ1n) is 16.6. The molecule has 0 fully saturated rings. The Hall–Kier alpha value is -5.00. The topological polar surface area (TPSA) is 92.6 Å². The fourth-order valence-electron chi connectivity index (χ4n) is 6.32. The molecule has 0 aromatic heterocycles.